The Morgan fingerprint density at radius 1 is 0.968 bits per heavy atom. The van der Waals surface area contributed by atoms with Crippen molar-refractivity contribution in [2.75, 3.05) is 32.6 Å². The number of carbonyl (C=O) groups is 2. The first-order chi connectivity index (χ1) is 15.0. The van der Waals surface area contributed by atoms with Crippen LogP contribution in [0, 0.1) is 0 Å². The third-order valence-corrected chi connectivity index (χ3v) is 4.65. The van der Waals surface area contributed by atoms with Crippen LogP contribution in [0.1, 0.15) is 26.4 Å². The van der Waals surface area contributed by atoms with Crippen LogP contribution in [-0.2, 0) is 6.42 Å². The van der Waals surface area contributed by atoms with Crippen LogP contribution in [0.3, 0.4) is 0 Å². The Balaban J connectivity index is 1.58. The lowest BCUT2D eigenvalue weighted by Gasteiger charge is -2.13. The summed E-state index contributed by atoms with van der Waals surface area (Å²) in [6.07, 6.45) is 2.20. The third kappa shape index (κ3) is 6.05. The van der Waals surface area contributed by atoms with Crippen LogP contribution in [0.25, 0.3) is 0 Å². The van der Waals surface area contributed by atoms with Gasteiger partial charge in [-0.2, -0.15) is 0 Å². The van der Waals surface area contributed by atoms with Crippen molar-refractivity contribution in [1.29, 1.82) is 0 Å². The highest BCUT2D eigenvalue weighted by Crippen LogP contribution is 2.22. The predicted octanol–water partition coefficient (Wildman–Crippen LogP) is 3.27. The number of benzene rings is 2. The van der Waals surface area contributed by atoms with Crippen molar-refractivity contribution < 1.29 is 14.3 Å². The number of hydrogen-bond acceptors (Lipinski definition) is 5. The average molecular weight is 418 g/mol. The first kappa shape index (κ1) is 21.8. The van der Waals surface area contributed by atoms with Crippen molar-refractivity contribution in [1.82, 2.24) is 15.6 Å². The molecule has 0 aliphatic carbocycles. The van der Waals surface area contributed by atoms with Crippen molar-refractivity contribution in [3.05, 3.63) is 83.7 Å². The molecular formula is C24H26N4O3. The molecule has 31 heavy (non-hydrogen) atoms. The molecule has 1 heterocycles. The SMILES string of the molecule is CNC(=O)c1cc(Oc2cccc(CCNC(=O)c3cccc(N(C)C)c3)c2)ccn1. The van der Waals surface area contributed by atoms with E-state index in [1.807, 2.05) is 61.5 Å². The van der Waals surface area contributed by atoms with Crippen LogP contribution in [0.4, 0.5) is 5.69 Å². The molecule has 0 unspecified atom stereocenters. The Morgan fingerprint density at radius 2 is 1.74 bits per heavy atom. The highest BCUT2D eigenvalue weighted by Gasteiger charge is 2.08. The number of aromatic nitrogens is 1. The molecule has 0 aliphatic heterocycles. The number of rotatable bonds is 8. The topological polar surface area (TPSA) is 83.6 Å². The molecule has 160 valence electrons. The smallest absolute Gasteiger partial charge is 0.269 e. The molecule has 2 N–H and O–H groups in total. The van der Waals surface area contributed by atoms with Crippen LogP contribution < -0.4 is 20.3 Å². The number of anilines is 1. The van der Waals surface area contributed by atoms with Crippen LogP contribution in [0.2, 0.25) is 0 Å². The van der Waals surface area contributed by atoms with E-state index in [0.717, 1.165) is 11.3 Å². The number of amides is 2. The number of nitrogens with one attached hydrogen (secondary N) is 2. The number of nitrogens with zero attached hydrogens (tertiary/aromatic N) is 2. The summed E-state index contributed by atoms with van der Waals surface area (Å²) in [7, 11) is 5.44. The lowest BCUT2D eigenvalue weighted by atomic mass is 10.1. The molecule has 0 bridgehead atoms. The van der Waals surface area contributed by atoms with E-state index in [2.05, 4.69) is 15.6 Å². The fourth-order valence-corrected chi connectivity index (χ4v) is 2.98. The molecule has 7 heteroatoms. The fourth-order valence-electron chi connectivity index (χ4n) is 2.98. The minimum Gasteiger partial charge on any atom is -0.457 e. The van der Waals surface area contributed by atoms with Gasteiger partial charge < -0.3 is 20.3 Å². The molecule has 2 aromatic carbocycles. The van der Waals surface area contributed by atoms with E-state index < -0.39 is 0 Å². The van der Waals surface area contributed by atoms with Crippen molar-refractivity contribution in [2.45, 2.75) is 6.42 Å². The molecule has 0 radical (unpaired) electrons. The molecule has 0 saturated heterocycles. The van der Waals surface area contributed by atoms with Gasteiger partial charge in [-0.25, -0.2) is 0 Å². The van der Waals surface area contributed by atoms with E-state index >= 15 is 0 Å². The Hall–Kier alpha value is -3.87. The molecule has 0 saturated carbocycles. The Morgan fingerprint density at radius 3 is 2.52 bits per heavy atom. The predicted molar refractivity (Wildman–Crippen MR) is 121 cm³/mol. The largest absolute Gasteiger partial charge is 0.457 e. The molecule has 0 spiro atoms. The molecule has 2 amide bonds. The Labute approximate surface area is 182 Å². The van der Waals surface area contributed by atoms with Gasteiger partial charge in [0.05, 0.1) is 0 Å². The van der Waals surface area contributed by atoms with Crippen molar-refractivity contribution in [3.63, 3.8) is 0 Å². The highest BCUT2D eigenvalue weighted by molar-refractivity contribution is 5.95. The van der Waals surface area contributed by atoms with Gasteiger partial charge in [0.15, 0.2) is 0 Å². The number of hydrogen-bond donors (Lipinski definition) is 2. The summed E-state index contributed by atoms with van der Waals surface area (Å²) in [6, 6.07) is 18.4. The average Bonchev–Trinajstić information content (AvgIpc) is 2.79. The van der Waals surface area contributed by atoms with Gasteiger partial charge in [0, 0.05) is 51.2 Å². The molecule has 7 nitrogen and oxygen atoms in total. The summed E-state index contributed by atoms with van der Waals surface area (Å²) >= 11 is 0. The second-order valence-corrected chi connectivity index (χ2v) is 7.16. The summed E-state index contributed by atoms with van der Waals surface area (Å²) in [5.41, 5.74) is 2.93. The van der Waals surface area contributed by atoms with Crippen molar-refractivity contribution in [2.24, 2.45) is 0 Å². The maximum absolute atomic E-state index is 12.4. The van der Waals surface area contributed by atoms with Gasteiger partial charge in [-0.15, -0.1) is 0 Å². The zero-order chi connectivity index (χ0) is 22.2. The molecule has 0 fully saturated rings. The Kier molecular flexibility index (Phi) is 7.22. The van der Waals surface area contributed by atoms with E-state index in [1.165, 1.54) is 6.20 Å². The van der Waals surface area contributed by atoms with Gasteiger partial charge in [-0.3, -0.25) is 14.6 Å². The van der Waals surface area contributed by atoms with Gasteiger partial charge in [0.25, 0.3) is 11.8 Å². The van der Waals surface area contributed by atoms with Gasteiger partial charge in [-0.1, -0.05) is 18.2 Å². The van der Waals surface area contributed by atoms with Crippen LogP contribution in [0.5, 0.6) is 11.5 Å². The summed E-state index contributed by atoms with van der Waals surface area (Å²) in [4.78, 5) is 30.2. The first-order valence-corrected chi connectivity index (χ1v) is 9.97. The summed E-state index contributed by atoms with van der Waals surface area (Å²) in [5, 5.41) is 5.50. The van der Waals surface area contributed by atoms with E-state index in [-0.39, 0.29) is 17.5 Å². The van der Waals surface area contributed by atoms with E-state index in [9.17, 15) is 9.59 Å². The minimum atomic E-state index is -0.272. The summed E-state index contributed by atoms with van der Waals surface area (Å²) < 4.78 is 5.87. The second kappa shape index (κ2) is 10.2. The lowest BCUT2D eigenvalue weighted by molar-refractivity contribution is 0.0947. The minimum absolute atomic E-state index is 0.102. The number of pyridine rings is 1. The second-order valence-electron chi connectivity index (χ2n) is 7.16. The van der Waals surface area contributed by atoms with Gasteiger partial charge >= 0.3 is 0 Å². The molecule has 3 aromatic rings. The number of carbonyl (C=O) groups excluding carboxylic acids is 2. The normalized spacial score (nSPS) is 10.3. The van der Waals surface area contributed by atoms with Gasteiger partial charge in [0.1, 0.15) is 17.2 Å². The Bertz CT molecular complexity index is 1070. The quantitative estimate of drug-likeness (QED) is 0.587. The lowest BCUT2D eigenvalue weighted by Crippen LogP contribution is -2.26. The summed E-state index contributed by atoms with van der Waals surface area (Å²) in [6.45, 7) is 0.505. The van der Waals surface area contributed by atoms with Crippen LogP contribution in [0.15, 0.2) is 66.9 Å². The van der Waals surface area contributed by atoms with E-state index in [4.69, 9.17) is 4.74 Å². The zero-order valence-electron chi connectivity index (χ0n) is 17.9. The maximum Gasteiger partial charge on any atom is 0.269 e. The monoisotopic (exact) mass is 418 g/mol. The van der Waals surface area contributed by atoms with E-state index in [0.29, 0.717) is 30.0 Å². The standard InChI is InChI=1S/C24H26N4O3/c1-25-24(30)22-16-21(11-13-26-22)31-20-9-4-6-17(14-20)10-12-27-23(29)18-7-5-8-19(15-18)28(2)3/h4-9,11,13-16H,10,12H2,1-3H3,(H,25,30)(H,27,29). The third-order valence-electron chi connectivity index (χ3n) is 4.65. The van der Waals surface area contributed by atoms with Crippen molar-refractivity contribution >= 4 is 17.5 Å². The fraction of sp³-hybridized carbons (Fsp3) is 0.208. The van der Waals surface area contributed by atoms with Gasteiger partial charge in [0.2, 0.25) is 0 Å². The summed E-state index contributed by atoms with van der Waals surface area (Å²) in [5.74, 6) is 0.803. The highest BCUT2D eigenvalue weighted by atomic mass is 16.5. The zero-order valence-corrected chi connectivity index (χ0v) is 17.9. The molecule has 1 aromatic heterocycles. The number of ether oxygens (including phenoxy) is 1. The van der Waals surface area contributed by atoms with E-state index in [1.54, 1.807) is 25.2 Å². The molecule has 0 aliphatic rings. The van der Waals surface area contributed by atoms with Gasteiger partial charge in [-0.05, 0) is 48.4 Å². The molecule has 0 atom stereocenters. The maximum atomic E-state index is 12.4. The molecule has 3 rings (SSSR count). The van der Waals surface area contributed by atoms with Crippen molar-refractivity contribution in [3.8, 4) is 11.5 Å². The van der Waals surface area contributed by atoms with Crippen LogP contribution in [-0.4, -0.2) is 44.5 Å². The molecular weight excluding hydrogens is 392 g/mol. The first-order valence-electron chi connectivity index (χ1n) is 9.97. The van der Waals surface area contributed by atoms with Crippen LogP contribution >= 0.6 is 0 Å².